The van der Waals surface area contributed by atoms with Crippen molar-refractivity contribution in [3.8, 4) is 5.75 Å². The molecule has 0 fully saturated rings. The summed E-state index contributed by atoms with van der Waals surface area (Å²) in [5.41, 5.74) is 8.25. The fourth-order valence-corrected chi connectivity index (χ4v) is 1.89. The maximum absolute atomic E-state index is 13.7. The third-order valence-electron chi connectivity index (χ3n) is 3.04. The maximum Gasteiger partial charge on any atom is 0.262 e. The van der Waals surface area contributed by atoms with Gasteiger partial charge in [-0.15, -0.1) is 0 Å². The molecule has 0 aromatic heterocycles. The Morgan fingerprint density at radius 1 is 1.24 bits per heavy atom. The summed E-state index contributed by atoms with van der Waals surface area (Å²) in [6.45, 7) is 3.22. The fraction of sp³-hybridized carbons (Fsp3) is 0.188. The van der Waals surface area contributed by atoms with Crippen molar-refractivity contribution < 1.29 is 13.9 Å². The molecule has 1 amide bonds. The molecule has 0 aliphatic rings. The topological polar surface area (TPSA) is 64.3 Å². The molecule has 0 atom stereocenters. The summed E-state index contributed by atoms with van der Waals surface area (Å²) in [6, 6.07) is 9.98. The minimum Gasteiger partial charge on any atom is -0.481 e. The zero-order valence-electron chi connectivity index (χ0n) is 11.9. The summed E-state index contributed by atoms with van der Waals surface area (Å²) in [5, 5.41) is 2.70. The number of carbonyl (C=O) groups excluding carboxylic acids is 1. The largest absolute Gasteiger partial charge is 0.481 e. The molecule has 2 rings (SSSR count). The Labute approximate surface area is 122 Å². The molecule has 0 unspecified atom stereocenters. The molecule has 2 aromatic rings. The van der Waals surface area contributed by atoms with Crippen molar-refractivity contribution in [1.82, 2.24) is 0 Å². The van der Waals surface area contributed by atoms with Crippen molar-refractivity contribution in [3.63, 3.8) is 0 Å². The molecule has 0 spiro atoms. The van der Waals surface area contributed by atoms with E-state index in [0.717, 1.165) is 5.56 Å². The molecule has 0 heterocycles. The number of aryl methyl sites for hydroxylation is 2. The second kappa shape index (κ2) is 6.26. The second-order valence-corrected chi connectivity index (χ2v) is 4.80. The van der Waals surface area contributed by atoms with Crippen LogP contribution in [-0.2, 0) is 4.79 Å². The minimum atomic E-state index is -0.450. The van der Waals surface area contributed by atoms with E-state index in [4.69, 9.17) is 10.5 Å². The van der Waals surface area contributed by atoms with E-state index in [1.54, 1.807) is 37.3 Å². The number of amides is 1. The summed E-state index contributed by atoms with van der Waals surface area (Å²) in [7, 11) is 0. The van der Waals surface area contributed by atoms with Crippen LogP contribution in [0.2, 0.25) is 0 Å². The van der Waals surface area contributed by atoms with E-state index in [0.29, 0.717) is 16.9 Å². The van der Waals surface area contributed by atoms with E-state index in [-0.39, 0.29) is 18.3 Å². The lowest BCUT2D eigenvalue weighted by atomic mass is 10.2. The van der Waals surface area contributed by atoms with E-state index >= 15 is 0 Å². The molecular formula is C16H17FN2O2. The monoisotopic (exact) mass is 288 g/mol. The predicted octanol–water partition coefficient (Wildman–Crippen LogP) is 3.04. The lowest BCUT2D eigenvalue weighted by Crippen LogP contribution is -2.21. The van der Waals surface area contributed by atoms with Gasteiger partial charge < -0.3 is 15.8 Å². The smallest absolute Gasteiger partial charge is 0.262 e. The average molecular weight is 288 g/mol. The third kappa shape index (κ3) is 3.72. The van der Waals surface area contributed by atoms with Crippen molar-refractivity contribution in [2.45, 2.75) is 13.8 Å². The number of benzene rings is 2. The molecule has 0 aliphatic heterocycles. The number of nitrogen functional groups attached to an aromatic ring is 1. The van der Waals surface area contributed by atoms with Gasteiger partial charge in [-0.2, -0.15) is 0 Å². The van der Waals surface area contributed by atoms with Gasteiger partial charge in [-0.05, 0) is 49.2 Å². The number of rotatable bonds is 4. The van der Waals surface area contributed by atoms with E-state index in [9.17, 15) is 9.18 Å². The van der Waals surface area contributed by atoms with E-state index in [1.807, 2.05) is 6.92 Å². The SMILES string of the molecule is Cc1cc(N)ccc1NC(=O)COc1cccc(C)c1F. The molecule has 0 saturated heterocycles. The van der Waals surface area contributed by atoms with Gasteiger partial charge in [0.1, 0.15) is 0 Å². The Hall–Kier alpha value is -2.56. The highest BCUT2D eigenvalue weighted by atomic mass is 19.1. The normalized spacial score (nSPS) is 10.2. The zero-order valence-corrected chi connectivity index (χ0v) is 11.9. The minimum absolute atomic E-state index is 0.0687. The second-order valence-electron chi connectivity index (χ2n) is 4.80. The number of nitrogens with two attached hydrogens (primary N) is 1. The summed E-state index contributed by atoms with van der Waals surface area (Å²) < 4.78 is 18.9. The van der Waals surface area contributed by atoms with Crippen molar-refractivity contribution >= 4 is 17.3 Å². The molecule has 0 bridgehead atoms. The lowest BCUT2D eigenvalue weighted by molar-refractivity contribution is -0.118. The fourth-order valence-electron chi connectivity index (χ4n) is 1.89. The van der Waals surface area contributed by atoms with Gasteiger partial charge in [0.15, 0.2) is 18.2 Å². The van der Waals surface area contributed by atoms with Gasteiger partial charge in [-0.25, -0.2) is 4.39 Å². The Morgan fingerprint density at radius 2 is 2.00 bits per heavy atom. The highest BCUT2D eigenvalue weighted by Crippen LogP contribution is 2.20. The van der Waals surface area contributed by atoms with Crippen molar-refractivity contribution in [3.05, 3.63) is 53.3 Å². The predicted molar refractivity (Wildman–Crippen MR) is 80.9 cm³/mol. The van der Waals surface area contributed by atoms with Gasteiger partial charge in [0.25, 0.3) is 5.91 Å². The Bertz CT molecular complexity index is 671. The molecule has 0 aliphatic carbocycles. The Kier molecular flexibility index (Phi) is 4.42. The first-order valence-electron chi connectivity index (χ1n) is 6.51. The van der Waals surface area contributed by atoms with Crippen LogP contribution >= 0.6 is 0 Å². The van der Waals surface area contributed by atoms with Crippen LogP contribution in [0, 0.1) is 19.7 Å². The summed E-state index contributed by atoms with van der Waals surface area (Å²) in [6.07, 6.45) is 0. The third-order valence-corrected chi connectivity index (χ3v) is 3.04. The molecule has 5 heteroatoms. The molecule has 0 saturated carbocycles. The van der Waals surface area contributed by atoms with E-state index < -0.39 is 5.82 Å². The van der Waals surface area contributed by atoms with Gasteiger partial charge in [0, 0.05) is 11.4 Å². The Morgan fingerprint density at radius 3 is 2.71 bits per heavy atom. The van der Waals surface area contributed by atoms with Crippen LogP contribution in [0.25, 0.3) is 0 Å². The average Bonchev–Trinajstić information content (AvgIpc) is 2.43. The maximum atomic E-state index is 13.7. The van der Waals surface area contributed by atoms with E-state index in [1.165, 1.54) is 6.07 Å². The number of halogens is 1. The van der Waals surface area contributed by atoms with Crippen molar-refractivity contribution in [1.29, 1.82) is 0 Å². The van der Waals surface area contributed by atoms with E-state index in [2.05, 4.69) is 5.32 Å². The summed E-state index contributed by atoms with van der Waals surface area (Å²) in [4.78, 5) is 11.8. The van der Waals surface area contributed by atoms with Crippen molar-refractivity contribution in [2.24, 2.45) is 0 Å². The van der Waals surface area contributed by atoms with Crippen LogP contribution in [0.15, 0.2) is 36.4 Å². The van der Waals surface area contributed by atoms with Gasteiger partial charge in [-0.1, -0.05) is 12.1 Å². The van der Waals surface area contributed by atoms with Crippen LogP contribution in [0.1, 0.15) is 11.1 Å². The van der Waals surface area contributed by atoms with Gasteiger partial charge in [0.2, 0.25) is 0 Å². The first-order valence-corrected chi connectivity index (χ1v) is 6.51. The molecule has 0 radical (unpaired) electrons. The number of ether oxygens (including phenoxy) is 1. The van der Waals surface area contributed by atoms with Crippen LogP contribution in [0.5, 0.6) is 5.75 Å². The molecule has 21 heavy (non-hydrogen) atoms. The number of anilines is 2. The lowest BCUT2D eigenvalue weighted by Gasteiger charge is -2.11. The number of hydrogen-bond acceptors (Lipinski definition) is 3. The number of nitrogens with one attached hydrogen (secondary N) is 1. The first-order chi connectivity index (χ1) is 9.97. The zero-order chi connectivity index (χ0) is 15.4. The van der Waals surface area contributed by atoms with Gasteiger partial charge in [0.05, 0.1) is 0 Å². The van der Waals surface area contributed by atoms with Crippen LogP contribution in [-0.4, -0.2) is 12.5 Å². The Balaban J connectivity index is 1.97. The summed E-state index contributed by atoms with van der Waals surface area (Å²) >= 11 is 0. The first kappa shape index (κ1) is 14.8. The molecule has 110 valence electrons. The van der Waals surface area contributed by atoms with Crippen molar-refractivity contribution in [2.75, 3.05) is 17.7 Å². The highest BCUT2D eigenvalue weighted by molar-refractivity contribution is 5.92. The number of hydrogen-bond donors (Lipinski definition) is 2. The van der Waals surface area contributed by atoms with Crippen LogP contribution in [0.4, 0.5) is 15.8 Å². The molecule has 2 aromatic carbocycles. The highest BCUT2D eigenvalue weighted by Gasteiger charge is 2.09. The van der Waals surface area contributed by atoms with Gasteiger partial charge >= 0.3 is 0 Å². The molecule has 3 N–H and O–H groups in total. The molecule has 4 nitrogen and oxygen atoms in total. The van der Waals surface area contributed by atoms with Gasteiger partial charge in [-0.3, -0.25) is 4.79 Å². The standard InChI is InChI=1S/C16H17FN2O2/c1-10-4-3-5-14(16(10)17)21-9-15(20)19-13-7-6-12(18)8-11(13)2/h3-8H,9,18H2,1-2H3,(H,19,20). The van der Waals surface area contributed by atoms with Crippen LogP contribution < -0.4 is 15.8 Å². The number of carbonyl (C=O) groups is 1. The quantitative estimate of drug-likeness (QED) is 0.850. The van der Waals surface area contributed by atoms with Crippen LogP contribution in [0.3, 0.4) is 0 Å². The molecular weight excluding hydrogens is 271 g/mol. The summed E-state index contributed by atoms with van der Waals surface area (Å²) in [5.74, 6) is -0.739.